The van der Waals surface area contributed by atoms with Crippen LogP contribution in [-0.4, -0.2) is 14.3 Å². The Bertz CT molecular complexity index is 817. The molecule has 0 radical (unpaired) electrons. The Hall–Kier alpha value is -2.21. The first-order chi connectivity index (χ1) is 9.72. The molecule has 3 aromatic rings. The first-order valence-electron chi connectivity index (χ1n) is 6.47. The molecule has 0 N–H and O–H groups in total. The Labute approximate surface area is 118 Å². The second-order valence-corrected chi connectivity index (χ2v) is 5.97. The van der Waals surface area contributed by atoms with Crippen molar-refractivity contribution in [1.29, 1.82) is 0 Å². The van der Waals surface area contributed by atoms with Crippen LogP contribution in [0.4, 0.5) is 5.69 Å². The first-order valence-corrected chi connectivity index (χ1v) is 7.28. The lowest BCUT2D eigenvalue weighted by atomic mass is 10.1. The van der Waals surface area contributed by atoms with Gasteiger partial charge in [0.05, 0.1) is 10.6 Å². The molecule has 6 heteroatoms. The molecule has 0 fully saturated rings. The van der Waals surface area contributed by atoms with Crippen molar-refractivity contribution in [1.82, 2.24) is 9.38 Å². The van der Waals surface area contributed by atoms with Crippen molar-refractivity contribution in [3.63, 3.8) is 0 Å². The highest BCUT2D eigenvalue weighted by atomic mass is 32.1. The van der Waals surface area contributed by atoms with E-state index in [0.29, 0.717) is 0 Å². The Morgan fingerprint density at radius 2 is 2.05 bits per heavy atom. The molecule has 0 unspecified atom stereocenters. The van der Waals surface area contributed by atoms with Gasteiger partial charge >= 0.3 is 0 Å². The van der Waals surface area contributed by atoms with Crippen LogP contribution in [-0.2, 0) is 12.8 Å². The fraction of sp³-hybridized carbons (Fsp3) is 0.214. The van der Waals surface area contributed by atoms with Crippen molar-refractivity contribution in [3.8, 4) is 11.3 Å². The molecule has 2 heterocycles. The molecular weight excluding hydrogens is 274 g/mol. The minimum atomic E-state index is -0.387. The number of nitro benzene ring substituents is 1. The largest absolute Gasteiger partial charge is 0.294 e. The standard InChI is InChI=1S/C14H11N3O2S/c18-17(19)10-6-4-9(5-7-10)11-8-16-12-2-1-3-13(12)20-14(16)15-11/h4-8H,1-3H2. The molecule has 5 nitrogen and oxygen atoms in total. The Morgan fingerprint density at radius 3 is 2.80 bits per heavy atom. The van der Waals surface area contributed by atoms with Crippen LogP contribution in [0, 0.1) is 10.1 Å². The third kappa shape index (κ3) is 1.65. The van der Waals surface area contributed by atoms with E-state index >= 15 is 0 Å². The van der Waals surface area contributed by atoms with Gasteiger partial charge in [-0.2, -0.15) is 0 Å². The van der Waals surface area contributed by atoms with Gasteiger partial charge in [0, 0.05) is 34.5 Å². The van der Waals surface area contributed by atoms with Crippen molar-refractivity contribution in [3.05, 3.63) is 51.1 Å². The van der Waals surface area contributed by atoms with E-state index in [1.54, 1.807) is 23.5 Å². The van der Waals surface area contributed by atoms with Gasteiger partial charge in [0.25, 0.3) is 5.69 Å². The highest BCUT2D eigenvalue weighted by molar-refractivity contribution is 7.17. The maximum atomic E-state index is 10.7. The SMILES string of the molecule is O=[N+]([O-])c1ccc(-c2cn3c4c(sc3n2)CCC4)cc1. The van der Waals surface area contributed by atoms with Gasteiger partial charge in [-0.05, 0) is 31.4 Å². The number of hydrogen-bond acceptors (Lipinski definition) is 4. The highest BCUT2D eigenvalue weighted by Crippen LogP contribution is 2.33. The van der Waals surface area contributed by atoms with Crippen LogP contribution < -0.4 is 0 Å². The van der Waals surface area contributed by atoms with Crippen LogP contribution in [0.5, 0.6) is 0 Å². The third-order valence-corrected chi connectivity index (χ3v) is 4.85. The quantitative estimate of drug-likeness (QED) is 0.535. The van der Waals surface area contributed by atoms with Crippen LogP contribution in [0.15, 0.2) is 30.5 Å². The molecule has 1 aliphatic rings. The molecule has 100 valence electrons. The number of hydrogen-bond donors (Lipinski definition) is 0. The summed E-state index contributed by atoms with van der Waals surface area (Å²) in [4.78, 5) is 17.4. The number of thiazole rings is 1. The number of rotatable bonds is 2. The van der Waals surface area contributed by atoms with Crippen molar-refractivity contribution in [2.24, 2.45) is 0 Å². The zero-order valence-electron chi connectivity index (χ0n) is 10.6. The molecule has 20 heavy (non-hydrogen) atoms. The van der Waals surface area contributed by atoms with Crippen molar-refractivity contribution in [2.75, 3.05) is 0 Å². The third-order valence-electron chi connectivity index (χ3n) is 3.69. The van der Waals surface area contributed by atoms with Crippen molar-refractivity contribution in [2.45, 2.75) is 19.3 Å². The number of non-ortho nitro benzene ring substituents is 1. The van der Waals surface area contributed by atoms with Crippen LogP contribution in [0.3, 0.4) is 0 Å². The molecule has 0 saturated carbocycles. The molecule has 2 aromatic heterocycles. The molecule has 0 spiro atoms. The summed E-state index contributed by atoms with van der Waals surface area (Å²) in [5.41, 5.74) is 3.28. The van der Waals surface area contributed by atoms with Gasteiger partial charge in [-0.1, -0.05) is 0 Å². The normalized spacial score (nSPS) is 13.8. The Kier molecular flexibility index (Phi) is 2.40. The Balaban J connectivity index is 1.78. The number of fused-ring (bicyclic) bond motifs is 3. The summed E-state index contributed by atoms with van der Waals surface area (Å²) in [7, 11) is 0. The molecule has 0 aliphatic heterocycles. The molecule has 0 bridgehead atoms. The number of benzene rings is 1. The van der Waals surface area contributed by atoms with Gasteiger partial charge in [-0.25, -0.2) is 4.98 Å². The Morgan fingerprint density at radius 1 is 1.25 bits per heavy atom. The molecule has 1 aromatic carbocycles. The smallest absolute Gasteiger partial charge is 0.269 e. The van der Waals surface area contributed by atoms with Gasteiger partial charge in [0.1, 0.15) is 0 Å². The van der Waals surface area contributed by atoms with Crippen LogP contribution in [0.25, 0.3) is 16.2 Å². The van der Waals surface area contributed by atoms with Crippen LogP contribution in [0.1, 0.15) is 17.0 Å². The number of nitro groups is 1. The molecule has 4 rings (SSSR count). The summed E-state index contributed by atoms with van der Waals surface area (Å²) in [6.45, 7) is 0. The van der Waals surface area contributed by atoms with Crippen molar-refractivity contribution < 1.29 is 4.92 Å². The number of aromatic nitrogens is 2. The van der Waals surface area contributed by atoms with E-state index in [2.05, 4.69) is 9.38 Å². The summed E-state index contributed by atoms with van der Waals surface area (Å²) >= 11 is 1.75. The van der Waals surface area contributed by atoms with E-state index in [4.69, 9.17) is 0 Å². The van der Waals surface area contributed by atoms with E-state index in [9.17, 15) is 10.1 Å². The van der Waals surface area contributed by atoms with Crippen LogP contribution in [0.2, 0.25) is 0 Å². The zero-order chi connectivity index (χ0) is 13.7. The summed E-state index contributed by atoms with van der Waals surface area (Å²) in [5.74, 6) is 0. The summed E-state index contributed by atoms with van der Waals surface area (Å²) in [6, 6.07) is 6.55. The minimum Gasteiger partial charge on any atom is -0.294 e. The summed E-state index contributed by atoms with van der Waals surface area (Å²) in [5, 5.41) is 10.7. The van der Waals surface area contributed by atoms with Crippen LogP contribution >= 0.6 is 11.3 Å². The number of nitrogens with zero attached hydrogens (tertiary/aromatic N) is 3. The predicted octanol–water partition coefficient (Wildman–Crippen LogP) is 3.46. The topological polar surface area (TPSA) is 60.4 Å². The molecule has 0 saturated heterocycles. The predicted molar refractivity (Wildman–Crippen MR) is 77.2 cm³/mol. The van der Waals surface area contributed by atoms with Crippen molar-refractivity contribution >= 4 is 22.0 Å². The lowest BCUT2D eigenvalue weighted by Gasteiger charge is -1.96. The maximum absolute atomic E-state index is 10.7. The maximum Gasteiger partial charge on any atom is 0.269 e. The van der Waals surface area contributed by atoms with E-state index in [-0.39, 0.29) is 10.6 Å². The minimum absolute atomic E-state index is 0.107. The van der Waals surface area contributed by atoms with Gasteiger partial charge in [-0.3, -0.25) is 14.5 Å². The second kappa shape index (κ2) is 4.14. The summed E-state index contributed by atoms with van der Waals surface area (Å²) in [6.07, 6.45) is 5.54. The number of aryl methyl sites for hydroxylation is 2. The lowest BCUT2D eigenvalue weighted by molar-refractivity contribution is -0.384. The van der Waals surface area contributed by atoms with Gasteiger partial charge in [-0.15, -0.1) is 11.3 Å². The average Bonchev–Trinajstić information content (AvgIpc) is 3.09. The van der Waals surface area contributed by atoms with Gasteiger partial charge in [0.15, 0.2) is 4.96 Å². The number of imidazole rings is 1. The van der Waals surface area contributed by atoms with E-state index in [1.165, 1.54) is 29.1 Å². The van der Waals surface area contributed by atoms with Gasteiger partial charge < -0.3 is 0 Å². The second-order valence-electron chi connectivity index (χ2n) is 4.91. The first kappa shape index (κ1) is 11.6. The van der Waals surface area contributed by atoms with E-state index in [1.807, 2.05) is 6.20 Å². The molecular formula is C14H11N3O2S. The van der Waals surface area contributed by atoms with E-state index in [0.717, 1.165) is 29.1 Å². The molecule has 0 atom stereocenters. The van der Waals surface area contributed by atoms with E-state index < -0.39 is 0 Å². The monoisotopic (exact) mass is 285 g/mol. The van der Waals surface area contributed by atoms with Gasteiger partial charge in [0.2, 0.25) is 0 Å². The molecule has 0 amide bonds. The highest BCUT2D eigenvalue weighted by Gasteiger charge is 2.19. The fourth-order valence-corrected chi connectivity index (χ4v) is 3.89. The summed E-state index contributed by atoms with van der Waals surface area (Å²) < 4.78 is 2.17. The molecule has 1 aliphatic carbocycles. The fourth-order valence-electron chi connectivity index (χ4n) is 2.70. The lowest BCUT2D eigenvalue weighted by Crippen LogP contribution is -1.87. The average molecular weight is 285 g/mol. The zero-order valence-corrected chi connectivity index (χ0v) is 11.4.